The lowest BCUT2D eigenvalue weighted by atomic mass is 10.0. The Balaban J connectivity index is 2.48. The van der Waals surface area contributed by atoms with Gasteiger partial charge in [0.15, 0.2) is 0 Å². The molecule has 2 nitrogen and oxygen atoms in total. The minimum absolute atomic E-state index is 0.134. The third kappa shape index (κ3) is 3.46. The first-order valence-electron chi connectivity index (χ1n) is 6.60. The highest BCUT2D eigenvalue weighted by Crippen LogP contribution is 2.26. The molecular weight excluding hydrogens is 186 g/mol. The largest absolute Gasteiger partial charge is 0.391 e. The highest BCUT2D eigenvalue weighted by atomic mass is 16.3. The molecule has 1 fully saturated rings. The Hall–Kier alpha value is -0.0800. The van der Waals surface area contributed by atoms with Gasteiger partial charge >= 0.3 is 0 Å². The van der Waals surface area contributed by atoms with Gasteiger partial charge in [-0.2, -0.15) is 0 Å². The SMILES string of the molecule is CCCC(O)C(CC)N(C)C1CCCC1. The first-order chi connectivity index (χ1) is 7.20. The van der Waals surface area contributed by atoms with E-state index in [0.29, 0.717) is 6.04 Å². The lowest BCUT2D eigenvalue weighted by molar-refractivity contribution is 0.0338. The minimum Gasteiger partial charge on any atom is -0.391 e. The standard InChI is InChI=1S/C13H27NO/c1-4-8-13(15)12(5-2)14(3)11-9-6-7-10-11/h11-13,15H,4-10H2,1-3H3. The molecule has 1 aliphatic rings. The molecule has 1 saturated carbocycles. The highest BCUT2D eigenvalue weighted by molar-refractivity contribution is 4.83. The molecule has 0 aliphatic heterocycles. The van der Waals surface area contributed by atoms with Gasteiger partial charge < -0.3 is 5.11 Å². The van der Waals surface area contributed by atoms with Gasteiger partial charge in [-0.05, 0) is 32.7 Å². The van der Waals surface area contributed by atoms with Crippen LogP contribution in [0.1, 0.15) is 58.8 Å². The molecule has 0 bridgehead atoms. The van der Waals surface area contributed by atoms with Crippen LogP contribution in [0.3, 0.4) is 0 Å². The normalized spacial score (nSPS) is 22.2. The molecule has 0 heterocycles. The zero-order valence-electron chi connectivity index (χ0n) is 10.6. The molecule has 2 heteroatoms. The van der Waals surface area contributed by atoms with Crippen molar-refractivity contribution >= 4 is 0 Å². The molecule has 15 heavy (non-hydrogen) atoms. The van der Waals surface area contributed by atoms with Gasteiger partial charge in [0.2, 0.25) is 0 Å². The third-order valence-electron chi connectivity index (χ3n) is 3.87. The zero-order chi connectivity index (χ0) is 11.3. The van der Waals surface area contributed by atoms with Crippen LogP contribution in [0, 0.1) is 0 Å². The van der Waals surface area contributed by atoms with Gasteiger partial charge in [0.05, 0.1) is 6.10 Å². The summed E-state index contributed by atoms with van der Waals surface area (Å²) in [6.07, 6.45) is 8.34. The van der Waals surface area contributed by atoms with Crippen LogP contribution >= 0.6 is 0 Å². The van der Waals surface area contributed by atoms with E-state index in [1.165, 1.54) is 25.7 Å². The van der Waals surface area contributed by atoms with Crippen LogP contribution in [0.2, 0.25) is 0 Å². The quantitative estimate of drug-likeness (QED) is 0.733. The van der Waals surface area contributed by atoms with Crippen LogP contribution in [0.4, 0.5) is 0 Å². The summed E-state index contributed by atoms with van der Waals surface area (Å²) in [6.45, 7) is 4.33. The molecule has 2 atom stereocenters. The summed E-state index contributed by atoms with van der Waals surface area (Å²) < 4.78 is 0. The number of hydrogen-bond donors (Lipinski definition) is 1. The van der Waals surface area contributed by atoms with Crippen LogP contribution in [-0.2, 0) is 0 Å². The van der Waals surface area contributed by atoms with Gasteiger partial charge in [0.25, 0.3) is 0 Å². The van der Waals surface area contributed by atoms with E-state index in [2.05, 4.69) is 25.8 Å². The van der Waals surface area contributed by atoms with Gasteiger partial charge in [-0.1, -0.05) is 33.1 Å². The van der Waals surface area contributed by atoms with Crippen molar-refractivity contribution in [3.63, 3.8) is 0 Å². The van der Waals surface area contributed by atoms with E-state index in [4.69, 9.17) is 0 Å². The molecule has 1 aliphatic carbocycles. The fourth-order valence-electron chi connectivity index (χ4n) is 2.90. The van der Waals surface area contributed by atoms with Crippen molar-refractivity contribution in [2.75, 3.05) is 7.05 Å². The molecule has 1 rings (SSSR count). The molecule has 0 aromatic rings. The Morgan fingerprint density at radius 1 is 1.27 bits per heavy atom. The molecule has 90 valence electrons. The molecule has 1 N–H and O–H groups in total. The summed E-state index contributed by atoms with van der Waals surface area (Å²) in [5, 5.41) is 10.1. The Morgan fingerprint density at radius 3 is 2.33 bits per heavy atom. The predicted molar refractivity (Wildman–Crippen MR) is 65.0 cm³/mol. The summed E-state index contributed by atoms with van der Waals surface area (Å²) in [5.74, 6) is 0. The molecule has 0 saturated heterocycles. The average molecular weight is 213 g/mol. The molecule has 0 radical (unpaired) electrons. The van der Waals surface area contributed by atoms with E-state index in [-0.39, 0.29) is 6.10 Å². The lowest BCUT2D eigenvalue weighted by Gasteiger charge is -2.35. The third-order valence-corrected chi connectivity index (χ3v) is 3.87. The monoisotopic (exact) mass is 213 g/mol. The maximum atomic E-state index is 10.1. The zero-order valence-corrected chi connectivity index (χ0v) is 10.6. The van der Waals surface area contributed by atoms with Gasteiger partial charge in [-0.15, -0.1) is 0 Å². The summed E-state index contributed by atoms with van der Waals surface area (Å²) in [4.78, 5) is 2.44. The maximum Gasteiger partial charge on any atom is 0.0695 e. The summed E-state index contributed by atoms with van der Waals surface area (Å²) in [5.41, 5.74) is 0. The second-order valence-corrected chi connectivity index (χ2v) is 4.94. The molecule has 0 amide bonds. The predicted octanol–water partition coefficient (Wildman–Crippen LogP) is 2.80. The van der Waals surface area contributed by atoms with Crippen molar-refractivity contribution in [1.29, 1.82) is 0 Å². The Bertz CT molecular complexity index is 166. The van der Waals surface area contributed by atoms with Crippen molar-refractivity contribution in [3.05, 3.63) is 0 Å². The van der Waals surface area contributed by atoms with Crippen LogP contribution in [0.5, 0.6) is 0 Å². The maximum absolute atomic E-state index is 10.1. The molecule has 0 aromatic heterocycles. The minimum atomic E-state index is -0.134. The van der Waals surface area contributed by atoms with E-state index < -0.39 is 0 Å². The molecular formula is C13H27NO. The number of aliphatic hydroxyl groups excluding tert-OH is 1. The Morgan fingerprint density at radius 2 is 1.87 bits per heavy atom. The first-order valence-corrected chi connectivity index (χ1v) is 6.60. The topological polar surface area (TPSA) is 23.5 Å². The average Bonchev–Trinajstić information content (AvgIpc) is 2.71. The number of nitrogens with zero attached hydrogens (tertiary/aromatic N) is 1. The number of rotatable bonds is 6. The summed E-state index contributed by atoms with van der Waals surface area (Å²) in [6, 6.07) is 1.09. The van der Waals surface area contributed by atoms with Crippen LogP contribution in [-0.4, -0.2) is 35.2 Å². The second kappa shape index (κ2) is 6.49. The number of hydrogen-bond acceptors (Lipinski definition) is 2. The van der Waals surface area contributed by atoms with Gasteiger partial charge in [-0.3, -0.25) is 4.90 Å². The molecule has 0 spiro atoms. The Labute approximate surface area is 94.7 Å². The van der Waals surface area contributed by atoms with Crippen molar-refractivity contribution in [2.24, 2.45) is 0 Å². The van der Waals surface area contributed by atoms with E-state index in [1.807, 2.05) is 0 Å². The van der Waals surface area contributed by atoms with Gasteiger partial charge in [0.1, 0.15) is 0 Å². The van der Waals surface area contributed by atoms with Crippen molar-refractivity contribution < 1.29 is 5.11 Å². The van der Waals surface area contributed by atoms with E-state index in [1.54, 1.807) is 0 Å². The van der Waals surface area contributed by atoms with Crippen LogP contribution in [0.15, 0.2) is 0 Å². The number of likely N-dealkylation sites (N-methyl/N-ethyl adjacent to an activating group) is 1. The second-order valence-electron chi connectivity index (χ2n) is 4.94. The van der Waals surface area contributed by atoms with Crippen molar-refractivity contribution in [2.45, 2.75) is 77.0 Å². The number of aliphatic hydroxyl groups is 1. The fourth-order valence-corrected chi connectivity index (χ4v) is 2.90. The lowest BCUT2D eigenvalue weighted by Crippen LogP contribution is -2.45. The van der Waals surface area contributed by atoms with E-state index >= 15 is 0 Å². The van der Waals surface area contributed by atoms with Crippen molar-refractivity contribution in [1.82, 2.24) is 4.90 Å². The Kier molecular flexibility index (Phi) is 5.62. The highest BCUT2D eigenvalue weighted by Gasteiger charge is 2.28. The summed E-state index contributed by atoms with van der Waals surface area (Å²) in [7, 11) is 2.20. The fraction of sp³-hybridized carbons (Fsp3) is 1.00. The van der Waals surface area contributed by atoms with Crippen LogP contribution < -0.4 is 0 Å². The van der Waals surface area contributed by atoms with E-state index in [9.17, 15) is 5.11 Å². The van der Waals surface area contributed by atoms with E-state index in [0.717, 1.165) is 25.3 Å². The molecule has 2 unspecified atom stereocenters. The van der Waals surface area contributed by atoms with Gasteiger partial charge in [-0.25, -0.2) is 0 Å². The summed E-state index contributed by atoms with van der Waals surface area (Å²) >= 11 is 0. The molecule has 0 aromatic carbocycles. The van der Waals surface area contributed by atoms with Crippen LogP contribution in [0.25, 0.3) is 0 Å². The first kappa shape index (κ1) is 13.0. The van der Waals surface area contributed by atoms with Gasteiger partial charge in [0, 0.05) is 12.1 Å². The van der Waals surface area contributed by atoms with Crippen molar-refractivity contribution in [3.8, 4) is 0 Å². The smallest absolute Gasteiger partial charge is 0.0695 e.